The highest BCUT2D eigenvalue weighted by Crippen LogP contribution is 2.26. The van der Waals surface area contributed by atoms with Gasteiger partial charge >= 0.3 is 0 Å². The number of primary amides is 1. The Morgan fingerprint density at radius 1 is 1.16 bits per heavy atom. The lowest BCUT2D eigenvalue weighted by molar-refractivity contribution is -0.113. The average molecular weight is 252 g/mol. The number of para-hydroxylation sites is 2. The topological polar surface area (TPSA) is 58.9 Å². The van der Waals surface area contributed by atoms with Crippen molar-refractivity contribution in [3.8, 4) is 0 Å². The van der Waals surface area contributed by atoms with Crippen molar-refractivity contribution in [3.63, 3.8) is 0 Å². The molecular weight excluding hydrogens is 236 g/mol. The summed E-state index contributed by atoms with van der Waals surface area (Å²) in [6.07, 6.45) is 1.06. The second-order valence-corrected chi connectivity index (χ2v) is 4.27. The van der Waals surface area contributed by atoms with Crippen molar-refractivity contribution in [3.05, 3.63) is 60.7 Å². The molecule has 2 aromatic carbocycles. The summed E-state index contributed by atoms with van der Waals surface area (Å²) >= 11 is 0. The molecule has 0 spiro atoms. The normalized spacial score (nSPS) is 9.95. The summed E-state index contributed by atoms with van der Waals surface area (Å²) in [6, 6.07) is 14.8. The zero-order valence-electron chi connectivity index (χ0n) is 10.8. The van der Waals surface area contributed by atoms with E-state index in [9.17, 15) is 4.79 Å². The highest BCUT2D eigenvalue weighted by atomic mass is 16.1. The first-order chi connectivity index (χ1) is 9.13. The molecule has 0 unspecified atom stereocenters. The maximum atomic E-state index is 9.47. The van der Waals surface area contributed by atoms with Crippen LogP contribution in [0.15, 0.2) is 55.1 Å². The van der Waals surface area contributed by atoms with Crippen LogP contribution in [0.25, 0.3) is 21.8 Å². The van der Waals surface area contributed by atoms with E-state index in [1.807, 2.05) is 0 Å². The second kappa shape index (κ2) is 5.40. The first-order valence-electron chi connectivity index (χ1n) is 6.01. The van der Waals surface area contributed by atoms with Gasteiger partial charge in [0, 0.05) is 21.8 Å². The Morgan fingerprint density at radius 2 is 1.79 bits per heavy atom. The molecule has 19 heavy (non-hydrogen) atoms. The van der Waals surface area contributed by atoms with Crippen LogP contribution in [-0.2, 0) is 4.79 Å². The molecule has 3 heteroatoms. The zero-order chi connectivity index (χ0) is 13.8. The highest BCUT2D eigenvalue weighted by molar-refractivity contribution is 6.08. The van der Waals surface area contributed by atoms with Gasteiger partial charge in [-0.1, -0.05) is 43.0 Å². The van der Waals surface area contributed by atoms with Gasteiger partial charge in [0.05, 0.1) is 0 Å². The molecule has 1 aromatic heterocycles. The number of hydrogen-bond acceptors (Lipinski definition) is 1. The lowest BCUT2D eigenvalue weighted by Gasteiger charge is -1.93. The van der Waals surface area contributed by atoms with E-state index in [1.165, 1.54) is 27.4 Å². The number of H-pyrrole nitrogens is 1. The number of hydrogen-bond donors (Lipinski definition) is 2. The standard InChI is InChI=1S/C13H11N.C3H5NO/c1-9-5-4-7-11-10-6-2-3-8-12(10)14-13(9)11;1-2-3(4)5/h2-8,14H,1H3;2H,1H2,(H2,4,5). The molecule has 0 radical (unpaired) electrons. The fraction of sp³-hybridized carbons (Fsp3) is 0.0625. The van der Waals surface area contributed by atoms with E-state index < -0.39 is 5.91 Å². The van der Waals surface area contributed by atoms with Gasteiger partial charge in [0.25, 0.3) is 0 Å². The molecule has 0 aliphatic carbocycles. The Labute approximate surface area is 111 Å². The highest BCUT2D eigenvalue weighted by Gasteiger charge is 2.03. The fourth-order valence-electron chi connectivity index (χ4n) is 2.02. The van der Waals surface area contributed by atoms with E-state index >= 15 is 0 Å². The van der Waals surface area contributed by atoms with Crippen LogP contribution < -0.4 is 5.73 Å². The van der Waals surface area contributed by atoms with Crippen LogP contribution in [0.2, 0.25) is 0 Å². The third-order valence-electron chi connectivity index (χ3n) is 2.95. The minimum atomic E-state index is -0.481. The molecule has 3 N–H and O–H groups in total. The van der Waals surface area contributed by atoms with Crippen LogP contribution in [0, 0.1) is 6.92 Å². The van der Waals surface area contributed by atoms with Crippen molar-refractivity contribution in [1.82, 2.24) is 4.98 Å². The number of benzene rings is 2. The number of carbonyl (C=O) groups is 1. The second-order valence-electron chi connectivity index (χ2n) is 4.27. The van der Waals surface area contributed by atoms with E-state index in [1.54, 1.807) is 0 Å². The molecule has 3 aromatic rings. The largest absolute Gasteiger partial charge is 0.366 e. The Hall–Kier alpha value is -2.55. The van der Waals surface area contributed by atoms with E-state index in [4.69, 9.17) is 0 Å². The third-order valence-corrected chi connectivity index (χ3v) is 2.95. The van der Waals surface area contributed by atoms with Gasteiger partial charge in [0.15, 0.2) is 0 Å². The van der Waals surface area contributed by atoms with Gasteiger partial charge in [-0.3, -0.25) is 4.79 Å². The minimum absolute atomic E-state index is 0.481. The molecule has 0 saturated carbocycles. The molecule has 0 aliphatic heterocycles. The molecule has 1 amide bonds. The van der Waals surface area contributed by atoms with Crippen molar-refractivity contribution in [1.29, 1.82) is 0 Å². The molecule has 3 nitrogen and oxygen atoms in total. The summed E-state index contributed by atoms with van der Waals surface area (Å²) in [5, 5.41) is 2.63. The number of aromatic nitrogens is 1. The van der Waals surface area contributed by atoms with E-state index in [0.29, 0.717) is 0 Å². The van der Waals surface area contributed by atoms with Gasteiger partial charge in [-0.05, 0) is 24.6 Å². The van der Waals surface area contributed by atoms with Crippen molar-refractivity contribution < 1.29 is 4.79 Å². The van der Waals surface area contributed by atoms with Crippen LogP contribution in [0.4, 0.5) is 0 Å². The van der Waals surface area contributed by atoms with Crippen molar-refractivity contribution in [2.24, 2.45) is 5.73 Å². The van der Waals surface area contributed by atoms with E-state index in [2.05, 4.69) is 66.7 Å². The quantitative estimate of drug-likeness (QED) is 0.641. The number of aryl methyl sites for hydroxylation is 1. The number of rotatable bonds is 1. The SMILES string of the molecule is C=CC(N)=O.Cc1cccc2c1[nH]c1ccccc12. The van der Waals surface area contributed by atoms with Gasteiger partial charge in [0.2, 0.25) is 5.91 Å². The lowest BCUT2D eigenvalue weighted by atomic mass is 10.1. The molecule has 0 fully saturated rings. The van der Waals surface area contributed by atoms with Gasteiger partial charge in [-0.25, -0.2) is 0 Å². The molecule has 0 aliphatic rings. The number of fused-ring (bicyclic) bond motifs is 3. The number of nitrogens with two attached hydrogens (primary N) is 1. The Bertz CT molecular complexity index is 741. The van der Waals surface area contributed by atoms with Crippen LogP contribution in [0.5, 0.6) is 0 Å². The number of aromatic amines is 1. The molecule has 3 rings (SSSR count). The van der Waals surface area contributed by atoms with Gasteiger partial charge < -0.3 is 10.7 Å². The molecule has 0 bridgehead atoms. The molecule has 0 saturated heterocycles. The van der Waals surface area contributed by atoms with Crippen molar-refractivity contribution in [2.45, 2.75) is 6.92 Å². The van der Waals surface area contributed by atoms with Crippen molar-refractivity contribution >= 4 is 27.7 Å². The molecule has 96 valence electrons. The molecule has 0 atom stereocenters. The van der Waals surface area contributed by atoms with Gasteiger partial charge in [0.1, 0.15) is 0 Å². The summed E-state index contributed by atoms with van der Waals surface area (Å²) < 4.78 is 0. The van der Waals surface area contributed by atoms with Gasteiger partial charge in [-0.2, -0.15) is 0 Å². The van der Waals surface area contributed by atoms with Crippen LogP contribution in [0.3, 0.4) is 0 Å². The fourth-order valence-corrected chi connectivity index (χ4v) is 2.02. The Balaban J connectivity index is 0.000000232. The number of nitrogens with one attached hydrogen (secondary N) is 1. The Kier molecular flexibility index (Phi) is 3.66. The Morgan fingerprint density at radius 3 is 2.47 bits per heavy atom. The summed E-state index contributed by atoms with van der Waals surface area (Å²) in [4.78, 5) is 12.9. The first-order valence-corrected chi connectivity index (χ1v) is 6.01. The predicted octanol–water partition coefficient (Wildman–Crippen LogP) is 3.29. The maximum Gasteiger partial charge on any atom is 0.240 e. The molecule has 1 heterocycles. The monoisotopic (exact) mass is 252 g/mol. The van der Waals surface area contributed by atoms with Crippen LogP contribution >= 0.6 is 0 Å². The van der Waals surface area contributed by atoms with Crippen LogP contribution in [0.1, 0.15) is 5.56 Å². The number of carbonyl (C=O) groups excluding carboxylic acids is 1. The predicted molar refractivity (Wildman–Crippen MR) is 79.9 cm³/mol. The zero-order valence-corrected chi connectivity index (χ0v) is 10.8. The summed E-state index contributed by atoms with van der Waals surface area (Å²) in [7, 11) is 0. The van der Waals surface area contributed by atoms with Crippen molar-refractivity contribution in [2.75, 3.05) is 0 Å². The number of amides is 1. The smallest absolute Gasteiger partial charge is 0.240 e. The van der Waals surface area contributed by atoms with Crippen LogP contribution in [-0.4, -0.2) is 10.9 Å². The molecular formula is C16H16N2O. The first kappa shape index (κ1) is 12.9. The minimum Gasteiger partial charge on any atom is -0.366 e. The average Bonchev–Trinajstić information content (AvgIpc) is 2.80. The van der Waals surface area contributed by atoms with E-state index in [0.717, 1.165) is 6.08 Å². The maximum absolute atomic E-state index is 9.47. The third kappa shape index (κ3) is 2.65. The summed E-state index contributed by atoms with van der Waals surface area (Å²) in [5.41, 5.74) is 8.32. The summed E-state index contributed by atoms with van der Waals surface area (Å²) in [6.45, 7) is 5.22. The lowest BCUT2D eigenvalue weighted by Crippen LogP contribution is -2.04. The summed E-state index contributed by atoms with van der Waals surface area (Å²) in [5.74, 6) is -0.481. The van der Waals surface area contributed by atoms with Gasteiger partial charge in [-0.15, -0.1) is 0 Å². The van der Waals surface area contributed by atoms with E-state index in [-0.39, 0.29) is 0 Å².